The number of nitrogens with zero attached hydrogens (tertiary/aromatic N) is 2. The molecule has 0 saturated carbocycles. The lowest BCUT2D eigenvalue weighted by Crippen LogP contribution is -2.50. The minimum Gasteiger partial charge on any atom is -0.328 e. The Hall–Kier alpha value is -1.55. The molecule has 2 aliphatic rings. The summed E-state index contributed by atoms with van der Waals surface area (Å²) >= 11 is 0. The van der Waals surface area contributed by atoms with E-state index in [-0.39, 0.29) is 24.8 Å². The van der Waals surface area contributed by atoms with Gasteiger partial charge in [0, 0.05) is 24.3 Å². The molecule has 116 valence electrons. The minimum absolute atomic E-state index is 0. The van der Waals surface area contributed by atoms with Gasteiger partial charge in [-0.05, 0) is 18.1 Å². The number of para-hydroxylation sites is 1. The number of anilines is 1. The normalized spacial score (nSPS) is 21.9. The lowest BCUT2D eigenvalue weighted by Gasteiger charge is -2.31. The van der Waals surface area contributed by atoms with Crippen LogP contribution < -0.4 is 10.6 Å². The van der Waals surface area contributed by atoms with Gasteiger partial charge in [-0.2, -0.15) is 0 Å². The first-order chi connectivity index (χ1) is 9.82. The second-order valence-corrected chi connectivity index (χ2v) is 5.40. The third kappa shape index (κ3) is 2.21. The van der Waals surface area contributed by atoms with E-state index in [4.69, 9.17) is 10.7 Å². The van der Waals surface area contributed by atoms with Crippen LogP contribution >= 0.6 is 24.8 Å². The lowest BCUT2D eigenvalue weighted by molar-refractivity contribution is 0.705. The van der Waals surface area contributed by atoms with Crippen molar-refractivity contribution >= 4 is 36.3 Å². The van der Waals surface area contributed by atoms with E-state index in [2.05, 4.69) is 41.3 Å². The predicted octanol–water partition coefficient (Wildman–Crippen LogP) is 3.35. The van der Waals surface area contributed by atoms with Gasteiger partial charge in [-0.25, -0.2) is 0 Å². The standard InChI is InChI=1S/C17H17N3.2ClH/c18-17(13-7-2-1-3-8-13)14-9-4-5-10-15(14)20-12-6-11-19-16(17)20;;/h1-5,7-10H,6,11-12,18H2;2*1H. The topological polar surface area (TPSA) is 41.6 Å². The van der Waals surface area contributed by atoms with Crippen molar-refractivity contribution in [3.63, 3.8) is 0 Å². The molecule has 0 radical (unpaired) electrons. The van der Waals surface area contributed by atoms with E-state index in [9.17, 15) is 0 Å². The Labute approximate surface area is 143 Å². The van der Waals surface area contributed by atoms with Crippen LogP contribution in [0.1, 0.15) is 17.5 Å². The monoisotopic (exact) mass is 335 g/mol. The molecule has 0 saturated heterocycles. The molecule has 2 aromatic rings. The molecule has 0 fully saturated rings. The first-order valence-corrected chi connectivity index (χ1v) is 7.08. The number of fused-ring (bicyclic) bond motifs is 3. The molecule has 2 heterocycles. The average Bonchev–Trinajstić information content (AvgIpc) is 2.80. The quantitative estimate of drug-likeness (QED) is 0.868. The van der Waals surface area contributed by atoms with Crippen LogP contribution in [-0.4, -0.2) is 18.9 Å². The van der Waals surface area contributed by atoms with Gasteiger partial charge in [0.15, 0.2) is 0 Å². The molecule has 2 N–H and O–H groups in total. The molecule has 2 aliphatic heterocycles. The van der Waals surface area contributed by atoms with Crippen molar-refractivity contribution in [3.8, 4) is 0 Å². The molecule has 0 spiro atoms. The van der Waals surface area contributed by atoms with Gasteiger partial charge < -0.3 is 10.6 Å². The molecule has 22 heavy (non-hydrogen) atoms. The third-order valence-corrected chi connectivity index (χ3v) is 4.26. The fraction of sp³-hybridized carbons (Fsp3) is 0.235. The van der Waals surface area contributed by atoms with Crippen LogP contribution in [0, 0.1) is 0 Å². The highest BCUT2D eigenvalue weighted by molar-refractivity contribution is 6.13. The predicted molar refractivity (Wildman–Crippen MR) is 96.6 cm³/mol. The van der Waals surface area contributed by atoms with Crippen molar-refractivity contribution in [1.82, 2.24) is 0 Å². The summed E-state index contributed by atoms with van der Waals surface area (Å²) < 4.78 is 0. The summed E-state index contributed by atoms with van der Waals surface area (Å²) in [6.07, 6.45) is 1.09. The Morgan fingerprint density at radius 1 is 0.955 bits per heavy atom. The second kappa shape index (κ2) is 6.29. The molecule has 0 amide bonds. The number of amidine groups is 1. The zero-order chi connectivity index (χ0) is 13.6. The van der Waals surface area contributed by atoms with Crippen LogP contribution in [0.5, 0.6) is 0 Å². The summed E-state index contributed by atoms with van der Waals surface area (Å²) in [6.45, 7) is 1.87. The van der Waals surface area contributed by atoms with E-state index in [1.54, 1.807) is 0 Å². The minimum atomic E-state index is -0.613. The fourth-order valence-electron chi connectivity index (χ4n) is 3.33. The van der Waals surface area contributed by atoms with Gasteiger partial charge in [-0.15, -0.1) is 24.8 Å². The Balaban J connectivity index is 0.000000882. The van der Waals surface area contributed by atoms with Gasteiger partial charge >= 0.3 is 0 Å². The van der Waals surface area contributed by atoms with Gasteiger partial charge in [0.2, 0.25) is 0 Å². The van der Waals surface area contributed by atoms with Crippen molar-refractivity contribution in [1.29, 1.82) is 0 Å². The zero-order valence-corrected chi connectivity index (χ0v) is 13.7. The second-order valence-electron chi connectivity index (χ2n) is 5.40. The van der Waals surface area contributed by atoms with Gasteiger partial charge in [-0.3, -0.25) is 4.99 Å². The molecule has 5 heteroatoms. The number of aliphatic imine (C=N–C) groups is 1. The van der Waals surface area contributed by atoms with E-state index in [1.165, 1.54) is 5.69 Å². The molecule has 2 aromatic carbocycles. The van der Waals surface area contributed by atoms with Crippen LogP contribution in [0.4, 0.5) is 5.69 Å². The van der Waals surface area contributed by atoms with Crippen LogP contribution in [0.3, 0.4) is 0 Å². The van der Waals surface area contributed by atoms with Gasteiger partial charge in [-0.1, -0.05) is 48.5 Å². The fourth-order valence-corrected chi connectivity index (χ4v) is 3.33. The molecule has 1 unspecified atom stereocenters. The molecule has 0 bridgehead atoms. The number of hydrogen-bond acceptors (Lipinski definition) is 3. The third-order valence-electron chi connectivity index (χ3n) is 4.26. The summed E-state index contributed by atoms with van der Waals surface area (Å²) in [6, 6.07) is 18.7. The van der Waals surface area contributed by atoms with Crippen molar-refractivity contribution in [2.75, 3.05) is 18.0 Å². The van der Waals surface area contributed by atoms with Crippen molar-refractivity contribution in [3.05, 3.63) is 65.7 Å². The Bertz CT molecular complexity index is 687. The average molecular weight is 336 g/mol. The Morgan fingerprint density at radius 3 is 2.41 bits per heavy atom. The highest BCUT2D eigenvalue weighted by atomic mass is 35.5. The number of benzene rings is 2. The van der Waals surface area contributed by atoms with E-state index in [1.807, 2.05) is 18.2 Å². The first-order valence-electron chi connectivity index (χ1n) is 7.08. The highest BCUT2D eigenvalue weighted by Gasteiger charge is 2.47. The van der Waals surface area contributed by atoms with Crippen molar-refractivity contribution < 1.29 is 0 Å². The van der Waals surface area contributed by atoms with E-state index < -0.39 is 5.54 Å². The molecular formula is C17H19Cl2N3. The maximum atomic E-state index is 6.87. The summed E-state index contributed by atoms with van der Waals surface area (Å²) in [5.41, 5.74) is 9.73. The maximum Gasteiger partial charge on any atom is 0.133 e. The van der Waals surface area contributed by atoms with Crippen LogP contribution in [0.15, 0.2) is 59.6 Å². The summed E-state index contributed by atoms with van der Waals surface area (Å²) in [5, 5.41) is 0. The molecule has 0 aliphatic carbocycles. The summed E-state index contributed by atoms with van der Waals surface area (Å²) in [4.78, 5) is 7.04. The zero-order valence-electron chi connectivity index (χ0n) is 12.1. The summed E-state index contributed by atoms with van der Waals surface area (Å²) in [7, 11) is 0. The number of hydrogen-bond donors (Lipinski definition) is 1. The largest absolute Gasteiger partial charge is 0.328 e. The number of halogens is 2. The van der Waals surface area contributed by atoms with E-state index in [0.717, 1.165) is 36.5 Å². The van der Waals surface area contributed by atoms with E-state index >= 15 is 0 Å². The van der Waals surface area contributed by atoms with Crippen LogP contribution in [0.2, 0.25) is 0 Å². The van der Waals surface area contributed by atoms with Crippen LogP contribution in [0.25, 0.3) is 0 Å². The highest BCUT2D eigenvalue weighted by Crippen LogP contribution is 2.44. The summed E-state index contributed by atoms with van der Waals surface area (Å²) in [5.74, 6) is 0.996. The number of nitrogens with two attached hydrogens (primary N) is 1. The van der Waals surface area contributed by atoms with E-state index in [0.29, 0.717) is 0 Å². The van der Waals surface area contributed by atoms with Gasteiger partial charge in [0.25, 0.3) is 0 Å². The van der Waals surface area contributed by atoms with Gasteiger partial charge in [0.05, 0.1) is 0 Å². The lowest BCUT2D eigenvalue weighted by atomic mass is 9.84. The SMILES string of the molecule is Cl.Cl.NC1(c2ccccc2)C2=NCCCN2c2ccccc21. The van der Waals surface area contributed by atoms with Crippen molar-refractivity contribution in [2.24, 2.45) is 10.7 Å². The molecule has 0 aromatic heterocycles. The molecule has 1 atom stereocenters. The smallest absolute Gasteiger partial charge is 0.133 e. The molecule has 4 rings (SSSR count). The van der Waals surface area contributed by atoms with Crippen LogP contribution in [-0.2, 0) is 5.54 Å². The maximum absolute atomic E-state index is 6.87. The number of rotatable bonds is 1. The van der Waals surface area contributed by atoms with Crippen molar-refractivity contribution in [2.45, 2.75) is 12.0 Å². The molecule has 3 nitrogen and oxygen atoms in total. The molecular weight excluding hydrogens is 317 g/mol. The Morgan fingerprint density at radius 2 is 1.64 bits per heavy atom. The first kappa shape index (κ1) is 16.8. The van der Waals surface area contributed by atoms with Gasteiger partial charge in [0.1, 0.15) is 11.4 Å². The Kier molecular flexibility index (Phi) is 4.81.